The zero-order chi connectivity index (χ0) is 18.3. The Morgan fingerprint density at radius 1 is 1.12 bits per heavy atom. The zero-order valence-corrected chi connectivity index (χ0v) is 16.2. The second-order valence-electron chi connectivity index (χ2n) is 7.45. The lowest BCUT2D eigenvalue weighted by Gasteiger charge is -2.20. The van der Waals surface area contributed by atoms with E-state index in [2.05, 4.69) is 23.8 Å². The Morgan fingerprint density at radius 3 is 2.58 bits per heavy atom. The van der Waals surface area contributed by atoms with E-state index < -0.39 is 10.0 Å². The molecule has 140 valence electrons. The molecule has 0 atom stereocenters. The smallest absolute Gasteiger partial charge is 0.243 e. The van der Waals surface area contributed by atoms with E-state index in [1.165, 1.54) is 5.56 Å². The van der Waals surface area contributed by atoms with Crippen LogP contribution in [-0.4, -0.2) is 42.1 Å². The highest BCUT2D eigenvalue weighted by Crippen LogP contribution is 2.33. The first-order valence-electron chi connectivity index (χ1n) is 9.37. The predicted octanol–water partition coefficient (Wildman–Crippen LogP) is 2.81. The number of fused-ring (bicyclic) bond motifs is 1. The molecule has 0 amide bonds. The monoisotopic (exact) mass is 374 g/mol. The molecule has 0 N–H and O–H groups in total. The molecule has 4 rings (SSSR count). The van der Waals surface area contributed by atoms with Crippen molar-refractivity contribution in [2.75, 3.05) is 24.5 Å². The summed E-state index contributed by atoms with van der Waals surface area (Å²) in [7, 11) is -3.38. The summed E-state index contributed by atoms with van der Waals surface area (Å²) < 4.78 is 29.3. The van der Waals surface area contributed by atoms with Gasteiger partial charge in [-0.15, -0.1) is 0 Å². The Morgan fingerprint density at radius 2 is 1.88 bits per heavy atom. The molecule has 2 aliphatic rings. The van der Waals surface area contributed by atoms with E-state index in [0.717, 1.165) is 37.2 Å². The second kappa shape index (κ2) is 6.70. The van der Waals surface area contributed by atoms with E-state index in [9.17, 15) is 8.42 Å². The van der Waals surface area contributed by atoms with E-state index >= 15 is 0 Å². The highest BCUT2D eigenvalue weighted by Gasteiger charge is 2.29. The first-order valence-corrected chi connectivity index (χ1v) is 10.8. The standard InChI is InChI=1S/C19H26N4O2S/c1-15(2)23-12-8-17(20-23)14-21-11-7-16-5-6-18(13-19(16)21)26(24,25)22-9-3-4-10-22/h5-6,8,12-13,15H,3-4,7,9-11,14H2,1-2H3. The van der Waals surface area contributed by atoms with Gasteiger partial charge in [0.25, 0.3) is 0 Å². The van der Waals surface area contributed by atoms with Crippen LogP contribution in [-0.2, 0) is 23.0 Å². The van der Waals surface area contributed by atoms with Crippen molar-refractivity contribution >= 4 is 15.7 Å². The fourth-order valence-corrected chi connectivity index (χ4v) is 5.31. The first kappa shape index (κ1) is 17.5. The Balaban J connectivity index is 1.59. The van der Waals surface area contributed by atoms with Gasteiger partial charge >= 0.3 is 0 Å². The molecule has 2 aromatic rings. The van der Waals surface area contributed by atoms with Crippen LogP contribution in [0, 0.1) is 0 Å². The molecule has 0 spiro atoms. The number of aromatic nitrogens is 2. The minimum absolute atomic E-state index is 0.340. The third-order valence-corrected chi connectivity index (χ3v) is 7.19. The summed E-state index contributed by atoms with van der Waals surface area (Å²) in [5.41, 5.74) is 3.26. The van der Waals surface area contributed by atoms with Gasteiger partial charge in [-0.1, -0.05) is 6.07 Å². The van der Waals surface area contributed by atoms with Crippen LogP contribution in [0.5, 0.6) is 0 Å². The molecule has 0 radical (unpaired) electrons. The second-order valence-corrected chi connectivity index (χ2v) is 9.39. The Labute approximate surface area is 155 Å². The van der Waals surface area contributed by atoms with Gasteiger partial charge < -0.3 is 4.90 Å². The summed E-state index contributed by atoms with van der Waals surface area (Å²) in [5.74, 6) is 0. The molecule has 1 aromatic heterocycles. The molecule has 0 saturated carbocycles. The van der Waals surface area contributed by atoms with Crippen molar-refractivity contribution in [3.8, 4) is 0 Å². The van der Waals surface area contributed by atoms with Crippen LogP contribution >= 0.6 is 0 Å². The molecule has 6 nitrogen and oxygen atoms in total. The van der Waals surface area contributed by atoms with Crippen molar-refractivity contribution in [1.82, 2.24) is 14.1 Å². The molecular weight excluding hydrogens is 348 g/mol. The SMILES string of the molecule is CC(C)n1ccc(CN2CCc3ccc(S(=O)(=O)N4CCCC4)cc32)n1. The van der Waals surface area contributed by atoms with Gasteiger partial charge in [-0.25, -0.2) is 8.42 Å². The maximum atomic E-state index is 12.9. The van der Waals surface area contributed by atoms with Gasteiger partial charge in [-0.2, -0.15) is 9.40 Å². The molecule has 0 unspecified atom stereocenters. The highest BCUT2D eigenvalue weighted by atomic mass is 32.2. The lowest BCUT2D eigenvalue weighted by atomic mass is 10.2. The van der Waals surface area contributed by atoms with E-state index in [1.807, 2.05) is 29.1 Å². The normalized spacial score (nSPS) is 18.0. The van der Waals surface area contributed by atoms with Gasteiger partial charge in [0.05, 0.1) is 17.1 Å². The maximum absolute atomic E-state index is 12.9. The summed E-state index contributed by atoms with van der Waals surface area (Å²) in [5, 5.41) is 4.63. The van der Waals surface area contributed by atoms with Crippen LogP contribution in [0.1, 0.15) is 44.0 Å². The first-order chi connectivity index (χ1) is 12.4. The molecule has 2 aliphatic heterocycles. The fourth-order valence-electron chi connectivity index (χ4n) is 3.77. The largest absolute Gasteiger partial charge is 0.365 e. The van der Waals surface area contributed by atoms with Gasteiger partial charge in [0.15, 0.2) is 0 Å². The minimum Gasteiger partial charge on any atom is -0.365 e. The number of sulfonamides is 1. The molecule has 3 heterocycles. The van der Waals surface area contributed by atoms with Gasteiger partial charge in [0, 0.05) is 37.6 Å². The van der Waals surface area contributed by atoms with E-state index in [4.69, 9.17) is 0 Å². The predicted molar refractivity (Wildman–Crippen MR) is 102 cm³/mol. The molecule has 7 heteroatoms. The number of rotatable bonds is 5. The molecule has 26 heavy (non-hydrogen) atoms. The summed E-state index contributed by atoms with van der Waals surface area (Å²) in [6, 6.07) is 7.99. The average Bonchev–Trinajstić information content (AvgIpc) is 3.36. The lowest BCUT2D eigenvalue weighted by molar-refractivity contribution is 0.477. The van der Waals surface area contributed by atoms with Gasteiger partial charge in [-0.3, -0.25) is 4.68 Å². The third-order valence-electron chi connectivity index (χ3n) is 5.30. The number of hydrogen-bond acceptors (Lipinski definition) is 4. The Hall–Kier alpha value is -1.86. The minimum atomic E-state index is -3.38. The van der Waals surface area contributed by atoms with Gasteiger partial charge in [-0.05, 0) is 56.9 Å². The van der Waals surface area contributed by atoms with Crippen LogP contribution in [0.2, 0.25) is 0 Å². The Bertz CT molecular complexity index is 898. The fraction of sp³-hybridized carbons (Fsp3) is 0.526. The van der Waals surface area contributed by atoms with Crippen LogP contribution in [0.4, 0.5) is 5.69 Å². The molecule has 1 aromatic carbocycles. The number of anilines is 1. The topological polar surface area (TPSA) is 58.4 Å². The van der Waals surface area contributed by atoms with Crippen molar-refractivity contribution in [2.24, 2.45) is 0 Å². The van der Waals surface area contributed by atoms with Crippen molar-refractivity contribution < 1.29 is 8.42 Å². The number of nitrogens with zero attached hydrogens (tertiary/aromatic N) is 4. The van der Waals surface area contributed by atoms with Crippen LogP contribution in [0.25, 0.3) is 0 Å². The van der Waals surface area contributed by atoms with Crippen molar-refractivity contribution in [3.05, 3.63) is 41.7 Å². The number of hydrogen-bond donors (Lipinski definition) is 0. The summed E-state index contributed by atoms with van der Waals surface area (Å²) in [4.78, 5) is 2.66. The molecule has 1 fully saturated rings. The average molecular weight is 375 g/mol. The van der Waals surface area contributed by atoms with Crippen LogP contribution in [0.3, 0.4) is 0 Å². The number of benzene rings is 1. The summed E-state index contributed by atoms with van der Waals surface area (Å²) >= 11 is 0. The van der Waals surface area contributed by atoms with Crippen molar-refractivity contribution in [2.45, 2.75) is 50.6 Å². The summed E-state index contributed by atoms with van der Waals surface area (Å²) in [6.45, 7) is 7.09. The van der Waals surface area contributed by atoms with E-state index in [0.29, 0.717) is 30.6 Å². The molecular formula is C19H26N4O2S. The van der Waals surface area contributed by atoms with Crippen molar-refractivity contribution in [3.63, 3.8) is 0 Å². The molecule has 0 aliphatic carbocycles. The van der Waals surface area contributed by atoms with Crippen molar-refractivity contribution in [1.29, 1.82) is 0 Å². The highest BCUT2D eigenvalue weighted by molar-refractivity contribution is 7.89. The van der Waals surface area contributed by atoms with Crippen LogP contribution < -0.4 is 4.90 Å². The maximum Gasteiger partial charge on any atom is 0.243 e. The van der Waals surface area contributed by atoms with Gasteiger partial charge in [0.2, 0.25) is 10.0 Å². The zero-order valence-electron chi connectivity index (χ0n) is 15.4. The molecule has 1 saturated heterocycles. The Kier molecular flexibility index (Phi) is 4.52. The van der Waals surface area contributed by atoms with E-state index in [1.54, 1.807) is 10.4 Å². The van der Waals surface area contributed by atoms with Crippen LogP contribution in [0.15, 0.2) is 35.4 Å². The van der Waals surface area contributed by atoms with E-state index in [-0.39, 0.29) is 0 Å². The lowest BCUT2D eigenvalue weighted by Crippen LogP contribution is -2.28. The quantitative estimate of drug-likeness (QED) is 0.807. The molecule has 0 bridgehead atoms. The van der Waals surface area contributed by atoms with Gasteiger partial charge in [0.1, 0.15) is 0 Å². The summed E-state index contributed by atoms with van der Waals surface area (Å²) in [6.07, 6.45) is 4.86. The third kappa shape index (κ3) is 3.14.